The van der Waals surface area contributed by atoms with Gasteiger partial charge in [0.1, 0.15) is 5.75 Å². The van der Waals surface area contributed by atoms with E-state index in [1.165, 1.54) is 0 Å². The van der Waals surface area contributed by atoms with E-state index in [9.17, 15) is 14.4 Å². The van der Waals surface area contributed by atoms with Crippen molar-refractivity contribution < 1.29 is 19.1 Å². The Kier molecular flexibility index (Phi) is 8.78. The van der Waals surface area contributed by atoms with Crippen molar-refractivity contribution in [1.29, 1.82) is 0 Å². The Morgan fingerprint density at radius 2 is 1.72 bits per heavy atom. The Labute approximate surface area is 219 Å². The van der Waals surface area contributed by atoms with Crippen LogP contribution in [0.15, 0.2) is 24.3 Å². The van der Waals surface area contributed by atoms with Crippen molar-refractivity contribution in [3.05, 3.63) is 29.3 Å². The van der Waals surface area contributed by atoms with E-state index in [0.717, 1.165) is 39.0 Å². The van der Waals surface area contributed by atoms with Crippen LogP contribution in [0.1, 0.15) is 39.0 Å². The van der Waals surface area contributed by atoms with Crippen LogP contribution in [0.5, 0.6) is 5.75 Å². The topological polar surface area (TPSA) is 73.4 Å². The smallest absolute Gasteiger partial charge is 0.225 e. The molecular formula is C27H39ClN4O4. The first-order chi connectivity index (χ1) is 17.2. The summed E-state index contributed by atoms with van der Waals surface area (Å²) >= 11 is 6.16. The third kappa shape index (κ3) is 6.71. The maximum absolute atomic E-state index is 13.5. The van der Waals surface area contributed by atoms with Crippen molar-refractivity contribution in [2.45, 2.75) is 39.0 Å². The molecule has 3 aliphatic rings. The second-order valence-corrected chi connectivity index (χ2v) is 11.2. The number of halogens is 1. The number of piperidine rings is 2. The highest BCUT2D eigenvalue weighted by atomic mass is 35.5. The number of ether oxygens (including phenoxy) is 1. The predicted molar refractivity (Wildman–Crippen MR) is 139 cm³/mol. The Bertz CT molecular complexity index is 943. The van der Waals surface area contributed by atoms with E-state index in [1.54, 1.807) is 19.1 Å². The highest BCUT2D eigenvalue weighted by molar-refractivity contribution is 6.30. The van der Waals surface area contributed by atoms with Crippen molar-refractivity contribution in [1.82, 2.24) is 19.6 Å². The summed E-state index contributed by atoms with van der Waals surface area (Å²) in [5.41, 5.74) is -0.448. The number of rotatable bonds is 6. The van der Waals surface area contributed by atoms with Gasteiger partial charge in [-0.25, -0.2) is 0 Å². The minimum atomic E-state index is -0.448. The summed E-state index contributed by atoms with van der Waals surface area (Å²) in [5, 5.41) is 0.604. The van der Waals surface area contributed by atoms with Gasteiger partial charge in [0, 0.05) is 82.1 Å². The zero-order valence-electron chi connectivity index (χ0n) is 21.6. The Morgan fingerprint density at radius 3 is 2.39 bits per heavy atom. The highest BCUT2D eigenvalue weighted by Gasteiger charge is 2.42. The van der Waals surface area contributed by atoms with Gasteiger partial charge in [0.2, 0.25) is 17.7 Å². The number of hydrogen-bond acceptors (Lipinski definition) is 5. The molecule has 0 spiro atoms. The molecule has 3 aliphatic heterocycles. The van der Waals surface area contributed by atoms with Gasteiger partial charge in [0.25, 0.3) is 0 Å². The zero-order valence-corrected chi connectivity index (χ0v) is 22.3. The van der Waals surface area contributed by atoms with Gasteiger partial charge >= 0.3 is 0 Å². The van der Waals surface area contributed by atoms with Gasteiger partial charge in [0.05, 0.1) is 6.61 Å². The van der Waals surface area contributed by atoms with Crippen LogP contribution < -0.4 is 4.74 Å². The minimum Gasteiger partial charge on any atom is -0.493 e. The summed E-state index contributed by atoms with van der Waals surface area (Å²) < 4.78 is 6.20. The van der Waals surface area contributed by atoms with E-state index in [2.05, 4.69) is 11.9 Å². The fourth-order valence-electron chi connectivity index (χ4n) is 5.69. The van der Waals surface area contributed by atoms with Crippen molar-refractivity contribution in [2.24, 2.45) is 11.3 Å². The first-order valence-corrected chi connectivity index (χ1v) is 13.5. The Balaban J connectivity index is 1.46. The molecule has 0 aliphatic carbocycles. The lowest BCUT2D eigenvalue weighted by Crippen LogP contribution is -2.54. The van der Waals surface area contributed by atoms with Gasteiger partial charge < -0.3 is 24.3 Å². The molecule has 1 aromatic carbocycles. The predicted octanol–water partition coefficient (Wildman–Crippen LogP) is 2.75. The molecule has 0 N–H and O–H groups in total. The molecule has 0 bridgehead atoms. The number of carbonyl (C=O) groups is 3. The van der Waals surface area contributed by atoms with Crippen LogP contribution in [0.25, 0.3) is 0 Å². The summed E-state index contributed by atoms with van der Waals surface area (Å²) in [6.07, 6.45) is 3.43. The maximum atomic E-state index is 13.5. The fourth-order valence-corrected chi connectivity index (χ4v) is 5.87. The first-order valence-electron chi connectivity index (χ1n) is 13.1. The van der Waals surface area contributed by atoms with Crippen molar-refractivity contribution in [2.75, 3.05) is 66.0 Å². The molecule has 9 heteroatoms. The monoisotopic (exact) mass is 518 g/mol. The summed E-state index contributed by atoms with van der Waals surface area (Å²) in [6, 6.07) is 7.31. The van der Waals surface area contributed by atoms with Gasteiger partial charge in [-0.2, -0.15) is 0 Å². The molecule has 1 atom stereocenters. The third-order valence-corrected chi connectivity index (χ3v) is 8.22. The van der Waals surface area contributed by atoms with Crippen LogP contribution in [0.2, 0.25) is 5.02 Å². The van der Waals surface area contributed by atoms with Gasteiger partial charge in [-0.15, -0.1) is 0 Å². The highest BCUT2D eigenvalue weighted by Crippen LogP contribution is 2.37. The quantitative estimate of drug-likeness (QED) is 0.579. The molecule has 198 valence electrons. The van der Waals surface area contributed by atoms with Crippen LogP contribution in [-0.4, -0.2) is 103 Å². The normalized spacial score (nSPS) is 24.0. The number of likely N-dealkylation sites (N-methyl/N-ethyl adjacent to an activating group) is 1. The second kappa shape index (κ2) is 11.8. The average Bonchev–Trinajstić information content (AvgIpc) is 2.88. The first kappa shape index (κ1) is 26.7. The van der Waals surface area contributed by atoms with Crippen LogP contribution in [0, 0.1) is 11.3 Å². The number of likely N-dealkylation sites (tertiary alicyclic amines) is 2. The molecule has 3 amide bonds. The molecule has 0 radical (unpaired) electrons. The number of amides is 3. The Hall–Kier alpha value is -2.32. The standard InChI is InChI=1S/C27H39ClN4O4/c1-21(33)30-11-7-22(8-12-30)26(35)32-10-4-9-27(19-32,20-36-24-6-3-5-23(28)17-24)18-25(34)31-15-13-29(2)14-16-31/h3,5-6,17,22H,4,7-16,18-20H2,1-2H3/t27-/m1/s1. The minimum absolute atomic E-state index is 0.0680. The van der Waals surface area contributed by atoms with E-state index in [0.29, 0.717) is 62.8 Å². The number of carbonyl (C=O) groups excluding carboxylic acids is 3. The van der Waals surface area contributed by atoms with Crippen LogP contribution >= 0.6 is 11.6 Å². The molecule has 3 fully saturated rings. The van der Waals surface area contributed by atoms with E-state index in [1.807, 2.05) is 26.8 Å². The van der Waals surface area contributed by atoms with E-state index in [-0.39, 0.29) is 23.6 Å². The molecule has 1 aromatic rings. The Morgan fingerprint density at radius 1 is 1.00 bits per heavy atom. The molecule has 36 heavy (non-hydrogen) atoms. The molecule has 0 unspecified atom stereocenters. The summed E-state index contributed by atoms with van der Waals surface area (Å²) in [6.45, 7) is 7.64. The van der Waals surface area contributed by atoms with E-state index >= 15 is 0 Å². The lowest BCUT2D eigenvalue weighted by atomic mass is 9.76. The summed E-state index contributed by atoms with van der Waals surface area (Å²) in [4.78, 5) is 46.6. The number of nitrogens with zero attached hydrogens (tertiary/aromatic N) is 4. The van der Waals surface area contributed by atoms with Gasteiger partial charge in [0.15, 0.2) is 0 Å². The molecule has 3 heterocycles. The molecule has 0 aromatic heterocycles. The fraction of sp³-hybridized carbons (Fsp3) is 0.667. The van der Waals surface area contributed by atoms with Gasteiger partial charge in [-0.3, -0.25) is 14.4 Å². The van der Waals surface area contributed by atoms with Crippen molar-refractivity contribution in [3.8, 4) is 5.75 Å². The van der Waals surface area contributed by atoms with E-state index in [4.69, 9.17) is 16.3 Å². The second-order valence-electron chi connectivity index (χ2n) is 10.8. The lowest BCUT2D eigenvalue weighted by molar-refractivity contribution is -0.146. The largest absolute Gasteiger partial charge is 0.493 e. The number of benzene rings is 1. The van der Waals surface area contributed by atoms with Crippen LogP contribution in [-0.2, 0) is 14.4 Å². The molecule has 0 saturated carbocycles. The maximum Gasteiger partial charge on any atom is 0.225 e. The zero-order chi connectivity index (χ0) is 25.7. The molecule has 3 saturated heterocycles. The van der Waals surface area contributed by atoms with E-state index < -0.39 is 5.41 Å². The SMILES string of the molecule is CC(=O)N1CCC(C(=O)N2CCC[C@@](COc3cccc(Cl)c3)(CC(=O)N3CCN(C)CC3)C2)CC1. The van der Waals surface area contributed by atoms with Gasteiger partial charge in [-0.05, 0) is 50.9 Å². The summed E-state index contributed by atoms with van der Waals surface area (Å²) in [7, 11) is 2.08. The van der Waals surface area contributed by atoms with Crippen molar-refractivity contribution >= 4 is 29.3 Å². The summed E-state index contributed by atoms with van der Waals surface area (Å²) in [5.74, 6) is 0.963. The average molecular weight is 519 g/mol. The lowest BCUT2D eigenvalue weighted by Gasteiger charge is -2.45. The molecular weight excluding hydrogens is 480 g/mol. The van der Waals surface area contributed by atoms with Gasteiger partial charge in [-0.1, -0.05) is 17.7 Å². The van der Waals surface area contributed by atoms with Crippen LogP contribution in [0.3, 0.4) is 0 Å². The van der Waals surface area contributed by atoms with Crippen LogP contribution in [0.4, 0.5) is 0 Å². The number of hydrogen-bond donors (Lipinski definition) is 0. The van der Waals surface area contributed by atoms with Crippen molar-refractivity contribution in [3.63, 3.8) is 0 Å². The number of piperazine rings is 1. The third-order valence-electron chi connectivity index (χ3n) is 7.99. The molecule has 4 rings (SSSR count). The molecule has 8 nitrogen and oxygen atoms in total.